The van der Waals surface area contributed by atoms with E-state index >= 15 is 0 Å². The minimum atomic E-state index is -0.324. The van der Waals surface area contributed by atoms with Gasteiger partial charge in [-0.25, -0.2) is 4.79 Å². The topological polar surface area (TPSA) is 80.1 Å². The number of carbonyl (C=O) groups excluding carboxylic acids is 2. The molecule has 0 bridgehead atoms. The van der Waals surface area contributed by atoms with Gasteiger partial charge in [0.15, 0.2) is 11.0 Å². The number of urea groups is 1. The molecule has 2 aromatic rings. The Morgan fingerprint density at radius 2 is 2.04 bits per heavy atom. The first-order valence-corrected chi connectivity index (χ1v) is 10.4. The van der Waals surface area contributed by atoms with Gasteiger partial charge in [0, 0.05) is 24.7 Å². The van der Waals surface area contributed by atoms with E-state index in [-0.39, 0.29) is 17.7 Å². The van der Waals surface area contributed by atoms with E-state index in [4.69, 9.17) is 11.6 Å². The predicted octanol–water partition coefficient (Wildman–Crippen LogP) is 3.36. The van der Waals surface area contributed by atoms with Gasteiger partial charge in [0.2, 0.25) is 5.91 Å². The van der Waals surface area contributed by atoms with Crippen molar-refractivity contribution in [1.82, 2.24) is 25.0 Å². The molecular weight excluding hydrogens is 386 g/mol. The number of carbonyl (C=O) groups is 2. The van der Waals surface area contributed by atoms with E-state index in [0.717, 1.165) is 24.2 Å². The van der Waals surface area contributed by atoms with Crippen LogP contribution in [0, 0.1) is 0 Å². The van der Waals surface area contributed by atoms with Gasteiger partial charge in [0.1, 0.15) is 0 Å². The standard InChI is InChI=1S/C18H20ClN5O2S/c19-14-8-4-3-7-13(14)16-21-22-18(24(16)12-5-1-2-6-12)27-11-15(25)23-10-9-20-17(23)26/h3-4,7-8,12H,1-2,5-6,9-11H2,(H,20,26). The molecule has 0 atom stereocenters. The number of nitrogens with one attached hydrogen (secondary N) is 1. The van der Waals surface area contributed by atoms with Gasteiger partial charge in [-0.15, -0.1) is 10.2 Å². The van der Waals surface area contributed by atoms with Crippen molar-refractivity contribution >= 4 is 35.3 Å². The van der Waals surface area contributed by atoms with Crippen molar-refractivity contribution in [2.45, 2.75) is 36.9 Å². The molecule has 7 nitrogen and oxygen atoms in total. The third-order valence-electron chi connectivity index (χ3n) is 4.95. The average Bonchev–Trinajstić information content (AvgIpc) is 3.40. The first-order chi connectivity index (χ1) is 13.1. The fraction of sp³-hybridized carbons (Fsp3) is 0.444. The van der Waals surface area contributed by atoms with Crippen LogP contribution in [0.4, 0.5) is 4.79 Å². The molecule has 0 spiro atoms. The highest BCUT2D eigenvalue weighted by atomic mass is 35.5. The molecule has 1 aromatic carbocycles. The van der Waals surface area contributed by atoms with Crippen molar-refractivity contribution in [3.05, 3.63) is 29.3 Å². The van der Waals surface area contributed by atoms with Gasteiger partial charge in [0.25, 0.3) is 0 Å². The maximum absolute atomic E-state index is 12.4. The lowest BCUT2D eigenvalue weighted by Gasteiger charge is -2.18. The Morgan fingerprint density at radius 1 is 1.26 bits per heavy atom. The summed E-state index contributed by atoms with van der Waals surface area (Å²) in [6, 6.07) is 7.57. The minimum absolute atomic E-state index is 0.154. The summed E-state index contributed by atoms with van der Waals surface area (Å²) in [5, 5.41) is 12.7. The van der Waals surface area contributed by atoms with Crippen molar-refractivity contribution < 1.29 is 9.59 Å². The second-order valence-electron chi connectivity index (χ2n) is 6.66. The van der Waals surface area contributed by atoms with Gasteiger partial charge in [-0.2, -0.15) is 0 Å². The molecule has 9 heteroatoms. The molecule has 3 amide bonds. The van der Waals surface area contributed by atoms with Crippen LogP contribution in [0.15, 0.2) is 29.4 Å². The van der Waals surface area contributed by atoms with Gasteiger partial charge >= 0.3 is 6.03 Å². The Bertz CT molecular complexity index is 865. The van der Waals surface area contributed by atoms with Crippen LogP contribution in [0.1, 0.15) is 31.7 Å². The Labute approximate surface area is 166 Å². The zero-order chi connectivity index (χ0) is 18.8. The minimum Gasteiger partial charge on any atom is -0.336 e. The first kappa shape index (κ1) is 18.3. The molecule has 142 valence electrons. The number of hydrogen-bond acceptors (Lipinski definition) is 5. The SMILES string of the molecule is O=C(CSc1nnc(-c2ccccc2Cl)n1C1CCCC1)N1CCNC1=O. The van der Waals surface area contributed by atoms with Crippen molar-refractivity contribution in [3.8, 4) is 11.4 Å². The number of halogens is 1. The molecule has 1 saturated heterocycles. The number of hydrogen-bond donors (Lipinski definition) is 1. The van der Waals surface area contributed by atoms with Crippen molar-refractivity contribution in [2.75, 3.05) is 18.8 Å². The van der Waals surface area contributed by atoms with E-state index in [1.165, 1.54) is 29.5 Å². The fourth-order valence-electron chi connectivity index (χ4n) is 3.61. The molecule has 0 unspecified atom stereocenters. The highest BCUT2D eigenvalue weighted by Crippen LogP contribution is 2.38. The van der Waals surface area contributed by atoms with Crippen LogP contribution < -0.4 is 5.32 Å². The maximum Gasteiger partial charge on any atom is 0.324 e. The molecule has 27 heavy (non-hydrogen) atoms. The van der Waals surface area contributed by atoms with Crippen molar-refractivity contribution in [3.63, 3.8) is 0 Å². The second kappa shape index (κ2) is 7.90. The number of rotatable bonds is 5. The van der Waals surface area contributed by atoms with Gasteiger partial charge in [-0.1, -0.05) is 48.3 Å². The molecule has 2 heterocycles. The number of amides is 3. The van der Waals surface area contributed by atoms with E-state index in [1.807, 2.05) is 24.3 Å². The Kier molecular flexibility index (Phi) is 5.36. The maximum atomic E-state index is 12.4. The summed E-state index contributed by atoms with van der Waals surface area (Å²) in [4.78, 5) is 25.3. The van der Waals surface area contributed by atoms with E-state index in [2.05, 4.69) is 20.1 Å². The largest absolute Gasteiger partial charge is 0.336 e. The lowest BCUT2D eigenvalue weighted by molar-refractivity contribution is -0.124. The molecule has 0 radical (unpaired) electrons. The number of benzene rings is 1. The quantitative estimate of drug-likeness (QED) is 0.771. The molecule has 1 N–H and O–H groups in total. The van der Waals surface area contributed by atoms with Crippen LogP contribution in [0.25, 0.3) is 11.4 Å². The second-order valence-corrected chi connectivity index (χ2v) is 8.01. The van der Waals surface area contributed by atoms with Crippen molar-refractivity contribution in [1.29, 1.82) is 0 Å². The highest BCUT2D eigenvalue weighted by Gasteiger charge is 2.29. The van der Waals surface area contributed by atoms with Gasteiger partial charge in [-0.3, -0.25) is 14.3 Å². The van der Waals surface area contributed by atoms with Crippen LogP contribution in [0.5, 0.6) is 0 Å². The van der Waals surface area contributed by atoms with Gasteiger partial charge < -0.3 is 5.32 Å². The van der Waals surface area contributed by atoms with Gasteiger partial charge in [0.05, 0.1) is 10.8 Å². The predicted molar refractivity (Wildman–Crippen MR) is 104 cm³/mol. The molecule has 1 aliphatic heterocycles. The third kappa shape index (κ3) is 3.68. The van der Waals surface area contributed by atoms with E-state index < -0.39 is 0 Å². The Hall–Kier alpha value is -2.06. The molecule has 2 fully saturated rings. The molecule has 1 saturated carbocycles. The number of nitrogens with zero attached hydrogens (tertiary/aromatic N) is 4. The summed E-state index contributed by atoms with van der Waals surface area (Å²) < 4.78 is 2.12. The Morgan fingerprint density at radius 3 is 2.74 bits per heavy atom. The summed E-state index contributed by atoms with van der Waals surface area (Å²) in [6.07, 6.45) is 4.46. The van der Waals surface area contributed by atoms with E-state index in [0.29, 0.717) is 29.3 Å². The van der Waals surface area contributed by atoms with Crippen LogP contribution in [0.3, 0.4) is 0 Å². The molecule has 1 aliphatic carbocycles. The molecule has 1 aromatic heterocycles. The molecule has 4 rings (SSSR count). The summed E-state index contributed by atoms with van der Waals surface area (Å²) in [7, 11) is 0. The van der Waals surface area contributed by atoms with Crippen LogP contribution in [-0.4, -0.2) is 50.4 Å². The van der Waals surface area contributed by atoms with Crippen LogP contribution in [-0.2, 0) is 4.79 Å². The van der Waals surface area contributed by atoms with Crippen LogP contribution in [0.2, 0.25) is 5.02 Å². The third-order valence-corrected chi connectivity index (χ3v) is 6.21. The highest BCUT2D eigenvalue weighted by molar-refractivity contribution is 7.99. The smallest absolute Gasteiger partial charge is 0.324 e. The van der Waals surface area contributed by atoms with E-state index in [1.54, 1.807) is 0 Å². The molecule has 2 aliphatic rings. The Balaban J connectivity index is 1.60. The lowest BCUT2D eigenvalue weighted by atomic mass is 10.2. The summed E-state index contributed by atoms with van der Waals surface area (Å²) >= 11 is 7.71. The normalized spacial score (nSPS) is 17.5. The van der Waals surface area contributed by atoms with Gasteiger partial charge in [-0.05, 0) is 25.0 Å². The summed E-state index contributed by atoms with van der Waals surface area (Å²) in [5.74, 6) is 0.678. The fourth-order valence-corrected chi connectivity index (χ4v) is 4.71. The average molecular weight is 406 g/mol. The number of thioether (sulfide) groups is 1. The monoisotopic (exact) mass is 405 g/mol. The zero-order valence-electron chi connectivity index (χ0n) is 14.7. The van der Waals surface area contributed by atoms with Crippen molar-refractivity contribution in [2.24, 2.45) is 0 Å². The first-order valence-electron chi connectivity index (χ1n) is 9.06. The molecular formula is C18H20ClN5O2S. The summed E-state index contributed by atoms with van der Waals surface area (Å²) in [5.41, 5.74) is 0.843. The van der Waals surface area contributed by atoms with Crippen LogP contribution >= 0.6 is 23.4 Å². The van der Waals surface area contributed by atoms with E-state index in [9.17, 15) is 9.59 Å². The lowest BCUT2D eigenvalue weighted by Crippen LogP contribution is -2.35. The number of imide groups is 1. The number of aromatic nitrogens is 3. The summed E-state index contributed by atoms with van der Waals surface area (Å²) in [6.45, 7) is 0.919. The zero-order valence-corrected chi connectivity index (χ0v) is 16.3.